The molecule has 1 aromatic rings. The predicted molar refractivity (Wildman–Crippen MR) is 47.0 cm³/mol. The summed E-state index contributed by atoms with van der Waals surface area (Å²) in [4.78, 5) is 10.1. The van der Waals surface area contributed by atoms with Crippen LogP contribution in [0, 0.1) is 23.3 Å². The number of halogens is 4. The van der Waals surface area contributed by atoms with Gasteiger partial charge in [-0.1, -0.05) is 0 Å². The summed E-state index contributed by atoms with van der Waals surface area (Å²) >= 11 is 0. The zero-order chi connectivity index (χ0) is 12.3. The smallest absolute Gasteiger partial charge is 0.305 e. The fraction of sp³-hybridized carbons (Fsp3) is 0.222. The first-order valence-electron chi connectivity index (χ1n) is 4.22. The summed E-state index contributed by atoms with van der Waals surface area (Å²) in [5.74, 6) is -7.45. The Labute approximate surface area is 87.7 Å². The van der Waals surface area contributed by atoms with Gasteiger partial charge in [-0.25, -0.2) is 17.6 Å². The van der Waals surface area contributed by atoms with Crippen LogP contribution in [-0.2, 0) is 4.79 Å². The summed E-state index contributed by atoms with van der Waals surface area (Å²) in [7, 11) is 0. The molecular formula is C9H7F4NO2. The molecule has 0 aromatic heterocycles. The Morgan fingerprint density at radius 3 is 2.12 bits per heavy atom. The Morgan fingerprint density at radius 1 is 1.19 bits per heavy atom. The first kappa shape index (κ1) is 12.3. The van der Waals surface area contributed by atoms with Crippen molar-refractivity contribution in [3.05, 3.63) is 29.3 Å². The molecule has 0 aliphatic heterocycles. The summed E-state index contributed by atoms with van der Waals surface area (Å²) in [6.45, 7) is -0.341. The SMILES string of the molecule is O=C(O)CCNc1c(F)c(F)cc(F)c1F. The minimum Gasteiger partial charge on any atom is -0.481 e. The van der Waals surface area contributed by atoms with E-state index in [4.69, 9.17) is 5.11 Å². The molecule has 0 bridgehead atoms. The van der Waals surface area contributed by atoms with E-state index < -0.39 is 41.3 Å². The normalized spacial score (nSPS) is 10.2. The first-order chi connectivity index (χ1) is 7.43. The van der Waals surface area contributed by atoms with Gasteiger partial charge in [0.25, 0.3) is 0 Å². The lowest BCUT2D eigenvalue weighted by Crippen LogP contribution is -2.11. The zero-order valence-electron chi connectivity index (χ0n) is 7.86. The van der Waals surface area contributed by atoms with Crippen molar-refractivity contribution in [1.82, 2.24) is 0 Å². The van der Waals surface area contributed by atoms with Crippen LogP contribution in [0.5, 0.6) is 0 Å². The number of carbonyl (C=O) groups is 1. The Hall–Kier alpha value is -1.79. The molecule has 16 heavy (non-hydrogen) atoms. The number of nitrogens with one attached hydrogen (secondary N) is 1. The van der Waals surface area contributed by atoms with Crippen LogP contribution in [0.3, 0.4) is 0 Å². The topological polar surface area (TPSA) is 49.3 Å². The van der Waals surface area contributed by atoms with Crippen molar-refractivity contribution >= 4 is 11.7 Å². The highest BCUT2D eigenvalue weighted by molar-refractivity contribution is 5.67. The number of benzene rings is 1. The van der Waals surface area contributed by atoms with Crippen molar-refractivity contribution in [1.29, 1.82) is 0 Å². The second kappa shape index (κ2) is 4.82. The van der Waals surface area contributed by atoms with Gasteiger partial charge in [0.1, 0.15) is 5.69 Å². The van der Waals surface area contributed by atoms with E-state index in [2.05, 4.69) is 0 Å². The number of hydrogen-bond acceptors (Lipinski definition) is 2. The highest BCUT2D eigenvalue weighted by Crippen LogP contribution is 2.23. The fourth-order valence-electron chi connectivity index (χ4n) is 1.02. The fourth-order valence-corrected chi connectivity index (χ4v) is 1.02. The first-order valence-corrected chi connectivity index (χ1v) is 4.22. The van der Waals surface area contributed by atoms with E-state index in [0.29, 0.717) is 0 Å². The van der Waals surface area contributed by atoms with E-state index in [1.165, 1.54) is 0 Å². The highest BCUT2D eigenvalue weighted by atomic mass is 19.2. The van der Waals surface area contributed by atoms with E-state index in [0.717, 1.165) is 0 Å². The minimum absolute atomic E-state index is 0.0764. The molecule has 0 amide bonds. The third-order valence-corrected chi connectivity index (χ3v) is 1.75. The lowest BCUT2D eigenvalue weighted by molar-refractivity contribution is -0.136. The standard InChI is InChI=1S/C9H7F4NO2/c10-4-3-5(11)8(13)9(7(4)12)14-2-1-6(15)16/h3,14H,1-2H2,(H,15,16). The average Bonchev–Trinajstić information content (AvgIpc) is 2.20. The molecule has 0 saturated heterocycles. The summed E-state index contributed by atoms with van der Waals surface area (Å²) < 4.78 is 51.3. The molecule has 88 valence electrons. The van der Waals surface area contributed by atoms with E-state index in [1.807, 2.05) is 5.32 Å². The van der Waals surface area contributed by atoms with Crippen molar-refractivity contribution < 1.29 is 27.5 Å². The van der Waals surface area contributed by atoms with E-state index in [9.17, 15) is 22.4 Å². The molecule has 1 rings (SSSR count). The monoisotopic (exact) mass is 237 g/mol. The average molecular weight is 237 g/mol. The maximum absolute atomic E-state index is 13.0. The summed E-state index contributed by atoms with van der Waals surface area (Å²) in [5.41, 5.74) is -1.00. The van der Waals surface area contributed by atoms with Crippen molar-refractivity contribution in [3.8, 4) is 0 Å². The number of rotatable bonds is 4. The van der Waals surface area contributed by atoms with Gasteiger partial charge in [-0.05, 0) is 0 Å². The highest BCUT2D eigenvalue weighted by Gasteiger charge is 2.18. The molecule has 0 atom stereocenters. The minimum atomic E-state index is -1.58. The number of carboxylic acids is 1. The van der Waals surface area contributed by atoms with Crippen LogP contribution in [0.1, 0.15) is 6.42 Å². The number of aliphatic carboxylic acids is 1. The van der Waals surface area contributed by atoms with Gasteiger partial charge in [0.2, 0.25) is 0 Å². The number of anilines is 1. The number of carboxylic acid groups (broad SMARTS) is 1. The van der Waals surface area contributed by atoms with E-state index >= 15 is 0 Å². The lowest BCUT2D eigenvalue weighted by atomic mass is 10.2. The van der Waals surface area contributed by atoms with Crippen molar-refractivity contribution in [2.75, 3.05) is 11.9 Å². The quantitative estimate of drug-likeness (QED) is 0.623. The molecule has 0 fully saturated rings. The van der Waals surface area contributed by atoms with Gasteiger partial charge in [0.15, 0.2) is 23.3 Å². The van der Waals surface area contributed by atoms with E-state index in [-0.39, 0.29) is 12.6 Å². The van der Waals surface area contributed by atoms with Gasteiger partial charge >= 0.3 is 5.97 Å². The third kappa shape index (κ3) is 2.62. The zero-order valence-corrected chi connectivity index (χ0v) is 7.86. The second-order valence-electron chi connectivity index (χ2n) is 2.91. The number of hydrogen-bond donors (Lipinski definition) is 2. The molecule has 0 saturated carbocycles. The van der Waals surface area contributed by atoms with Crippen LogP contribution in [0.2, 0.25) is 0 Å². The van der Waals surface area contributed by atoms with Crippen molar-refractivity contribution in [2.24, 2.45) is 0 Å². The Bertz CT molecular complexity index is 396. The van der Waals surface area contributed by atoms with Crippen LogP contribution in [0.25, 0.3) is 0 Å². The Balaban J connectivity index is 2.90. The molecule has 0 aliphatic rings. The molecule has 2 N–H and O–H groups in total. The van der Waals surface area contributed by atoms with Crippen LogP contribution in [0.4, 0.5) is 23.2 Å². The van der Waals surface area contributed by atoms with Crippen molar-refractivity contribution in [3.63, 3.8) is 0 Å². The van der Waals surface area contributed by atoms with Gasteiger partial charge in [0.05, 0.1) is 6.42 Å². The van der Waals surface area contributed by atoms with Crippen molar-refractivity contribution in [2.45, 2.75) is 6.42 Å². The second-order valence-corrected chi connectivity index (χ2v) is 2.91. The third-order valence-electron chi connectivity index (χ3n) is 1.75. The Kier molecular flexibility index (Phi) is 3.70. The summed E-state index contributed by atoms with van der Waals surface area (Å²) in [5, 5.41) is 10.2. The van der Waals surface area contributed by atoms with Crippen LogP contribution < -0.4 is 5.32 Å². The molecule has 3 nitrogen and oxygen atoms in total. The maximum atomic E-state index is 13.0. The maximum Gasteiger partial charge on any atom is 0.305 e. The largest absolute Gasteiger partial charge is 0.481 e. The van der Waals surface area contributed by atoms with E-state index in [1.54, 1.807) is 0 Å². The molecule has 0 aliphatic carbocycles. The molecule has 0 radical (unpaired) electrons. The van der Waals surface area contributed by atoms with Gasteiger partial charge in [-0.15, -0.1) is 0 Å². The van der Waals surface area contributed by atoms with Crippen LogP contribution in [-0.4, -0.2) is 17.6 Å². The van der Waals surface area contributed by atoms with Gasteiger partial charge < -0.3 is 10.4 Å². The van der Waals surface area contributed by atoms with Gasteiger partial charge in [-0.3, -0.25) is 4.79 Å². The van der Waals surface area contributed by atoms with Crippen LogP contribution in [0.15, 0.2) is 6.07 Å². The summed E-state index contributed by atoms with van der Waals surface area (Å²) in [6.07, 6.45) is -0.434. The molecule has 0 unspecified atom stereocenters. The van der Waals surface area contributed by atoms with Gasteiger partial charge in [-0.2, -0.15) is 0 Å². The summed E-state index contributed by atoms with van der Waals surface area (Å²) in [6, 6.07) is 0.0764. The molecular weight excluding hydrogens is 230 g/mol. The van der Waals surface area contributed by atoms with Gasteiger partial charge in [0, 0.05) is 12.6 Å². The Morgan fingerprint density at radius 2 is 1.69 bits per heavy atom. The lowest BCUT2D eigenvalue weighted by Gasteiger charge is -2.08. The predicted octanol–water partition coefficient (Wildman–Crippen LogP) is 2.13. The molecule has 1 aromatic carbocycles. The molecule has 0 spiro atoms. The molecule has 0 heterocycles. The molecule has 7 heteroatoms. The van der Waals surface area contributed by atoms with Crippen LogP contribution >= 0.6 is 0 Å².